The third kappa shape index (κ3) is 3.03. The molecule has 0 aliphatic rings. The highest BCUT2D eigenvalue weighted by atomic mass is 16.2. The zero-order valence-electron chi connectivity index (χ0n) is 7.21. The van der Waals surface area contributed by atoms with E-state index in [1.165, 1.54) is 6.20 Å². The van der Waals surface area contributed by atoms with Crippen molar-refractivity contribution in [3.05, 3.63) is 25.4 Å². The van der Waals surface area contributed by atoms with Gasteiger partial charge in [-0.25, -0.2) is 0 Å². The van der Waals surface area contributed by atoms with Crippen molar-refractivity contribution >= 4 is 5.91 Å². The number of hydrogen-bond donors (Lipinski definition) is 0. The second kappa shape index (κ2) is 4.72. The minimum absolute atomic E-state index is 0.0212. The Labute approximate surface area is 68.2 Å². The molecule has 0 heterocycles. The van der Waals surface area contributed by atoms with Crippen LogP contribution >= 0.6 is 0 Å². The standard InChI is InChI=1S/C9H15NO/c1-5-7-10(6-2)9(11)8(3)4/h5-6,8H,1-2,7H2,3-4H3. The van der Waals surface area contributed by atoms with Crippen LogP contribution in [0.2, 0.25) is 0 Å². The van der Waals surface area contributed by atoms with Crippen LogP contribution in [0.25, 0.3) is 0 Å². The van der Waals surface area contributed by atoms with E-state index < -0.39 is 0 Å². The van der Waals surface area contributed by atoms with Gasteiger partial charge in [-0.15, -0.1) is 6.58 Å². The highest BCUT2D eigenvalue weighted by molar-refractivity contribution is 5.79. The number of carbonyl (C=O) groups excluding carboxylic acids is 1. The van der Waals surface area contributed by atoms with Crippen LogP contribution in [0, 0.1) is 5.92 Å². The molecule has 0 N–H and O–H groups in total. The van der Waals surface area contributed by atoms with Crippen molar-refractivity contribution in [2.24, 2.45) is 5.92 Å². The third-order valence-electron chi connectivity index (χ3n) is 1.32. The van der Waals surface area contributed by atoms with Crippen molar-refractivity contribution < 1.29 is 4.79 Å². The van der Waals surface area contributed by atoms with E-state index in [-0.39, 0.29) is 11.8 Å². The first-order chi connectivity index (χ1) is 5.13. The van der Waals surface area contributed by atoms with E-state index in [1.807, 2.05) is 13.8 Å². The van der Waals surface area contributed by atoms with Crippen molar-refractivity contribution in [2.75, 3.05) is 6.54 Å². The molecule has 0 aromatic heterocycles. The molecule has 0 spiro atoms. The molecule has 0 atom stereocenters. The Morgan fingerprint density at radius 1 is 1.55 bits per heavy atom. The summed E-state index contributed by atoms with van der Waals surface area (Å²) >= 11 is 0. The van der Waals surface area contributed by atoms with Crippen LogP contribution < -0.4 is 0 Å². The van der Waals surface area contributed by atoms with Crippen molar-refractivity contribution in [1.29, 1.82) is 0 Å². The van der Waals surface area contributed by atoms with Gasteiger partial charge in [0.1, 0.15) is 0 Å². The van der Waals surface area contributed by atoms with E-state index >= 15 is 0 Å². The summed E-state index contributed by atoms with van der Waals surface area (Å²) in [4.78, 5) is 12.8. The third-order valence-corrected chi connectivity index (χ3v) is 1.32. The van der Waals surface area contributed by atoms with Gasteiger partial charge in [0.2, 0.25) is 5.91 Å². The Morgan fingerprint density at radius 2 is 2.09 bits per heavy atom. The minimum Gasteiger partial charge on any atom is -0.316 e. The highest BCUT2D eigenvalue weighted by Gasteiger charge is 2.11. The van der Waals surface area contributed by atoms with E-state index in [0.29, 0.717) is 6.54 Å². The van der Waals surface area contributed by atoms with Gasteiger partial charge < -0.3 is 4.90 Å². The molecule has 0 bridgehead atoms. The van der Waals surface area contributed by atoms with Gasteiger partial charge in [0, 0.05) is 12.5 Å². The van der Waals surface area contributed by atoms with Crippen LogP contribution in [0.4, 0.5) is 0 Å². The number of nitrogens with zero attached hydrogens (tertiary/aromatic N) is 1. The fraction of sp³-hybridized carbons (Fsp3) is 0.444. The molecule has 0 aliphatic heterocycles. The van der Waals surface area contributed by atoms with Crippen LogP contribution in [-0.4, -0.2) is 17.4 Å². The molecule has 0 saturated carbocycles. The van der Waals surface area contributed by atoms with Gasteiger partial charge in [0.15, 0.2) is 0 Å². The maximum absolute atomic E-state index is 11.3. The number of rotatable bonds is 4. The molecule has 1 amide bonds. The van der Waals surface area contributed by atoms with Gasteiger partial charge in [-0.3, -0.25) is 4.79 Å². The summed E-state index contributed by atoms with van der Waals surface area (Å²) in [6.45, 7) is 11.4. The van der Waals surface area contributed by atoms with Crippen LogP contribution in [0.15, 0.2) is 25.4 Å². The fourth-order valence-corrected chi connectivity index (χ4v) is 0.725. The molecule has 0 rings (SSSR count). The largest absolute Gasteiger partial charge is 0.316 e. The lowest BCUT2D eigenvalue weighted by molar-refractivity contribution is -0.131. The second-order valence-corrected chi connectivity index (χ2v) is 2.62. The summed E-state index contributed by atoms with van der Waals surface area (Å²) in [5.41, 5.74) is 0. The van der Waals surface area contributed by atoms with E-state index in [4.69, 9.17) is 0 Å². The van der Waals surface area contributed by atoms with Gasteiger partial charge in [0.05, 0.1) is 0 Å². The molecule has 0 aromatic rings. The lowest BCUT2D eigenvalue weighted by Crippen LogP contribution is -2.29. The molecule has 62 valence electrons. The topological polar surface area (TPSA) is 20.3 Å². The minimum atomic E-state index is 0.0212. The van der Waals surface area contributed by atoms with Crippen molar-refractivity contribution in [3.8, 4) is 0 Å². The summed E-state index contributed by atoms with van der Waals surface area (Å²) < 4.78 is 0. The molecule has 2 nitrogen and oxygen atoms in total. The molecule has 0 saturated heterocycles. The van der Waals surface area contributed by atoms with Crippen molar-refractivity contribution in [1.82, 2.24) is 4.90 Å². The number of hydrogen-bond acceptors (Lipinski definition) is 1. The van der Waals surface area contributed by atoms with Gasteiger partial charge >= 0.3 is 0 Å². The maximum Gasteiger partial charge on any atom is 0.229 e. The smallest absolute Gasteiger partial charge is 0.229 e. The fourth-order valence-electron chi connectivity index (χ4n) is 0.725. The summed E-state index contributed by atoms with van der Waals surface area (Å²) in [6.07, 6.45) is 3.21. The average Bonchev–Trinajstić information content (AvgIpc) is 1.98. The lowest BCUT2D eigenvalue weighted by atomic mass is 10.2. The first-order valence-electron chi connectivity index (χ1n) is 3.67. The van der Waals surface area contributed by atoms with E-state index in [9.17, 15) is 4.79 Å². The van der Waals surface area contributed by atoms with Crippen LogP contribution in [0.5, 0.6) is 0 Å². The molecule has 0 fully saturated rings. The quantitative estimate of drug-likeness (QED) is 0.564. The molecule has 0 aromatic carbocycles. The molecular weight excluding hydrogens is 138 g/mol. The number of amides is 1. The van der Waals surface area contributed by atoms with E-state index in [1.54, 1.807) is 11.0 Å². The van der Waals surface area contributed by atoms with Crippen molar-refractivity contribution in [2.45, 2.75) is 13.8 Å². The SMILES string of the molecule is C=CCN(C=C)C(=O)C(C)C. The Balaban J connectivity index is 4.13. The lowest BCUT2D eigenvalue weighted by Gasteiger charge is -2.17. The molecule has 0 aliphatic carbocycles. The summed E-state index contributed by atoms with van der Waals surface area (Å²) in [7, 11) is 0. The molecule has 0 radical (unpaired) electrons. The first kappa shape index (κ1) is 9.95. The Hall–Kier alpha value is -1.05. The van der Waals surface area contributed by atoms with Crippen LogP contribution in [-0.2, 0) is 4.79 Å². The summed E-state index contributed by atoms with van der Waals surface area (Å²) in [5.74, 6) is 0.104. The summed E-state index contributed by atoms with van der Waals surface area (Å²) in [6, 6.07) is 0. The molecule has 2 heteroatoms. The zero-order chi connectivity index (χ0) is 8.85. The Morgan fingerprint density at radius 3 is 2.36 bits per heavy atom. The van der Waals surface area contributed by atoms with Crippen molar-refractivity contribution in [3.63, 3.8) is 0 Å². The predicted molar refractivity (Wildman–Crippen MR) is 46.9 cm³/mol. The molecule has 0 unspecified atom stereocenters. The van der Waals surface area contributed by atoms with Crippen LogP contribution in [0.3, 0.4) is 0 Å². The van der Waals surface area contributed by atoms with Gasteiger partial charge in [0.25, 0.3) is 0 Å². The second-order valence-electron chi connectivity index (χ2n) is 2.62. The Kier molecular flexibility index (Phi) is 4.27. The normalized spacial score (nSPS) is 9.36. The predicted octanol–water partition coefficient (Wildman–Crippen LogP) is 1.80. The van der Waals surface area contributed by atoms with E-state index in [0.717, 1.165) is 0 Å². The Bertz CT molecular complexity index is 161. The van der Waals surface area contributed by atoms with Crippen LogP contribution in [0.1, 0.15) is 13.8 Å². The zero-order valence-corrected chi connectivity index (χ0v) is 7.21. The first-order valence-corrected chi connectivity index (χ1v) is 3.67. The maximum atomic E-state index is 11.3. The van der Waals surface area contributed by atoms with E-state index in [2.05, 4.69) is 13.2 Å². The van der Waals surface area contributed by atoms with Gasteiger partial charge in [-0.2, -0.15) is 0 Å². The van der Waals surface area contributed by atoms with Gasteiger partial charge in [-0.1, -0.05) is 26.5 Å². The highest BCUT2D eigenvalue weighted by Crippen LogP contribution is 2.00. The summed E-state index contributed by atoms with van der Waals surface area (Å²) in [5, 5.41) is 0. The van der Waals surface area contributed by atoms with Gasteiger partial charge in [-0.05, 0) is 6.20 Å². The number of carbonyl (C=O) groups is 1. The monoisotopic (exact) mass is 153 g/mol. The molecule has 11 heavy (non-hydrogen) atoms. The average molecular weight is 153 g/mol. The molecular formula is C9H15NO.